The van der Waals surface area contributed by atoms with Gasteiger partial charge in [0.2, 0.25) is 0 Å². The summed E-state index contributed by atoms with van der Waals surface area (Å²) < 4.78 is 0. The molecular formula is C21H34O4. The predicted molar refractivity (Wildman–Crippen MR) is 99.2 cm³/mol. The second-order valence-corrected chi connectivity index (χ2v) is 7.79. The molecule has 0 aliphatic heterocycles. The fourth-order valence-electron chi connectivity index (χ4n) is 4.38. The van der Waals surface area contributed by atoms with Gasteiger partial charge in [0.25, 0.3) is 0 Å². The standard InChI is InChI=1S/C21H34O4/c1-2-3-4-8-17(22)10-11-18-19-13-15(7-5-6-9-21(24)25)12-16(19)14-20(18)23/h10-12,16-20,22-23H,2-9,13-14H2,1H3,(H,24,25)/t16?,17-,18?,19-,20+/m0/s1. The second kappa shape index (κ2) is 10.1. The smallest absolute Gasteiger partial charge is 0.303 e. The lowest BCUT2D eigenvalue weighted by Crippen LogP contribution is -2.18. The molecule has 3 N–H and O–H groups in total. The van der Waals surface area contributed by atoms with Crippen molar-refractivity contribution in [1.82, 2.24) is 0 Å². The second-order valence-electron chi connectivity index (χ2n) is 7.79. The molecule has 0 spiro atoms. The van der Waals surface area contributed by atoms with E-state index < -0.39 is 12.1 Å². The molecule has 4 heteroatoms. The van der Waals surface area contributed by atoms with E-state index in [-0.39, 0.29) is 18.4 Å². The zero-order chi connectivity index (χ0) is 18.2. The van der Waals surface area contributed by atoms with Crippen molar-refractivity contribution in [3.63, 3.8) is 0 Å². The first-order chi connectivity index (χ1) is 12.0. The van der Waals surface area contributed by atoms with Crippen molar-refractivity contribution in [3.8, 4) is 0 Å². The molecule has 0 saturated heterocycles. The maximum absolute atomic E-state index is 10.6. The number of allylic oxidation sites excluding steroid dienone is 2. The fraction of sp³-hybridized carbons (Fsp3) is 0.762. The van der Waals surface area contributed by atoms with Gasteiger partial charge in [0.15, 0.2) is 0 Å². The molecule has 0 bridgehead atoms. The monoisotopic (exact) mass is 350 g/mol. The number of carbonyl (C=O) groups is 1. The number of hydrogen-bond acceptors (Lipinski definition) is 3. The van der Waals surface area contributed by atoms with Crippen LogP contribution in [0.25, 0.3) is 0 Å². The average molecular weight is 350 g/mol. The normalized spacial score (nSPS) is 29.8. The first-order valence-electron chi connectivity index (χ1n) is 9.97. The summed E-state index contributed by atoms with van der Waals surface area (Å²) in [4.78, 5) is 10.6. The summed E-state index contributed by atoms with van der Waals surface area (Å²) >= 11 is 0. The van der Waals surface area contributed by atoms with Gasteiger partial charge in [-0.25, -0.2) is 0 Å². The van der Waals surface area contributed by atoms with E-state index in [0.29, 0.717) is 11.8 Å². The molecule has 142 valence electrons. The highest BCUT2D eigenvalue weighted by Crippen LogP contribution is 2.48. The molecule has 1 fully saturated rings. The Bertz CT molecular complexity index is 482. The summed E-state index contributed by atoms with van der Waals surface area (Å²) in [6.45, 7) is 2.16. The summed E-state index contributed by atoms with van der Waals surface area (Å²) in [6, 6.07) is 0. The first kappa shape index (κ1) is 20.2. The average Bonchev–Trinajstić information content (AvgIpc) is 3.06. The SMILES string of the molecule is CCCCC[C@H](O)C=CC1[C@H]2CC(CCCCC(=O)O)=CC2C[C@H]1O. The molecule has 2 aliphatic rings. The zero-order valence-corrected chi connectivity index (χ0v) is 15.4. The molecule has 2 rings (SSSR count). The molecular weight excluding hydrogens is 316 g/mol. The van der Waals surface area contributed by atoms with Gasteiger partial charge in [0.1, 0.15) is 0 Å². The van der Waals surface area contributed by atoms with E-state index in [1.165, 1.54) is 5.57 Å². The number of hydrogen-bond donors (Lipinski definition) is 3. The third kappa shape index (κ3) is 6.27. The number of aliphatic carboxylic acids is 1. The molecule has 0 amide bonds. The molecule has 5 atom stereocenters. The number of carboxylic acid groups (broad SMARTS) is 1. The van der Waals surface area contributed by atoms with Gasteiger partial charge in [-0.1, -0.05) is 50.0 Å². The van der Waals surface area contributed by atoms with Crippen molar-refractivity contribution in [2.24, 2.45) is 17.8 Å². The highest BCUT2D eigenvalue weighted by molar-refractivity contribution is 5.66. The van der Waals surface area contributed by atoms with Crippen LogP contribution in [0.4, 0.5) is 0 Å². The zero-order valence-electron chi connectivity index (χ0n) is 15.4. The molecule has 0 radical (unpaired) electrons. The molecule has 1 saturated carbocycles. The maximum Gasteiger partial charge on any atom is 0.303 e. The molecule has 25 heavy (non-hydrogen) atoms. The van der Waals surface area contributed by atoms with Crippen molar-refractivity contribution >= 4 is 5.97 Å². The number of unbranched alkanes of at least 4 members (excludes halogenated alkanes) is 3. The van der Waals surface area contributed by atoms with Crippen molar-refractivity contribution in [3.05, 3.63) is 23.8 Å². The number of fused-ring (bicyclic) bond motifs is 1. The lowest BCUT2D eigenvalue weighted by atomic mass is 9.88. The predicted octanol–water partition coefficient (Wildman–Crippen LogP) is 4.07. The highest BCUT2D eigenvalue weighted by atomic mass is 16.4. The van der Waals surface area contributed by atoms with E-state index in [9.17, 15) is 15.0 Å². The van der Waals surface area contributed by atoms with Crippen molar-refractivity contribution < 1.29 is 20.1 Å². The van der Waals surface area contributed by atoms with E-state index in [1.807, 2.05) is 12.2 Å². The molecule has 0 heterocycles. The topological polar surface area (TPSA) is 77.8 Å². The summed E-state index contributed by atoms with van der Waals surface area (Å²) in [5, 5.41) is 29.1. The van der Waals surface area contributed by atoms with Gasteiger partial charge >= 0.3 is 5.97 Å². The van der Waals surface area contributed by atoms with Gasteiger partial charge in [-0.15, -0.1) is 0 Å². The van der Waals surface area contributed by atoms with E-state index in [2.05, 4.69) is 13.0 Å². The largest absolute Gasteiger partial charge is 0.481 e. The van der Waals surface area contributed by atoms with Crippen LogP contribution >= 0.6 is 0 Å². The van der Waals surface area contributed by atoms with Crippen molar-refractivity contribution in [1.29, 1.82) is 0 Å². The number of carboxylic acids is 1. The fourth-order valence-corrected chi connectivity index (χ4v) is 4.38. The molecule has 2 unspecified atom stereocenters. The van der Waals surface area contributed by atoms with Gasteiger partial charge in [0, 0.05) is 12.3 Å². The van der Waals surface area contributed by atoms with E-state index in [4.69, 9.17) is 5.11 Å². The van der Waals surface area contributed by atoms with Crippen LogP contribution < -0.4 is 0 Å². The molecule has 2 aliphatic carbocycles. The first-order valence-corrected chi connectivity index (χ1v) is 9.97. The molecule has 0 aromatic heterocycles. The van der Waals surface area contributed by atoms with Gasteiger partial charge in [0.05, 0.1) is 12.2 Å². The lowest BCUT2D eigenvalue weighted by Gasteiger charge is -2.19. The van der Waals surface area contributed by atoms with Crippen molar-refractivity contribution in [2.45, 2.75) is 83.3 Å². The van der Waals surface area contributed by atoms with Gasteiger partial charge in [-0.3, -0.25) is 4.79 Å². The van der Waals surface area contributed by atoms with Crippen molar-refractivity contribution in [2.75, 3.05) is 0 Å². The number of aliphatic hydroxyl groups is 2. The third-order valence-corrected chi connectivity index (χ3v) is 5.75. The summed E-state index contributed by atoms with van der Waals surface area (Å²) in [5.74, 6) is 0.307. The van der Waals surface area contributed by atoms with Crippen LogP contribution in [0.1, 0.15) is 71.1 Å². The van der Waals surface area contributed by atoms with E-state index >= 15 is 0 Å². The van der Waals surface area contributed by atoms with Crippen LogP contribution in [0.15, 0.2) is 23.8 Å². The summed E-state index contributed by atoms with van der Waals surface area (Å²) in [6.07, 6.45) is 14.4. The Kier molecular flexibility index (Phi) is 8.17. The lowest BCUT2D eigenvalue weighted by molar-refractivity contribution is -0.137. The quantitative estimate of drug-likeness (QED) is 0.388. The number of rotatable bonds is 11. The molecule has 0 aromatic rings. The van der Waals surface area contributed by atoms with Gasteiger partial charge in [-0.2, -0.15) is 0 Å². The Morgan fingerprint density at radius 2 is 2.12 bits per heavy atom. The minimum Gasteiger partial charge on any atom is -0.481 e. The maximum atomic E-state index is 10.6. The van der Waals surface area contributed by atoms with Gasteiger partial charge < -0.3 is 15.3 Å². The van der Waals surface area contributed by atoms with Crippen LogP contribution in [-0.4, -0.2) is 33.5 Å². The van der Waals surface area contributed by atoms with Crippen LogP contribution in [0.2, 0.25) is 0 Å². The minimum absolute atomic E-state index is 0.138. The Hall–Kier alpha value is -1.13. The van der Waals surface area contributed by atoms with Crippen LogP contribution in [0.5, 0.6) is 0 Å². The Labute approximate surface area is 151 Å². The highest BCUT2D eigenvalue weighted by Gasteiger charge is 2.43. The summed E-state index contributed by atoms with van der Waals surface area (Å²) in [5.41, 5.74) is 1.43. The molecule has 4 nitrogen and oxygen atoms in total. The molecule has 0 aromatic carbocycles. The van der Waals surface area contributed by atoms with Crippen LogP contribution in [-0.2, 0) is 4.79 Å². The van der Waals surface area contributed by atoms with E-state index in [0.717, 1.165) is 57.8 Å². The Morgan fingerprint density at radius 1 is 1.32 bits per heavy atom. The van der Waals surface area contributed by atoms with E-state index in [1.54, 1.807) is 0 Å². The summed E-state index contributed by atoms with van der Waals surface area (Å²) in [7, 11) is 0. The van der Waals surface area contributed by atoms with Crippen LogP contribution in [0, 0.1) is 17.8 Å². The number of aliphatic hydroxyl groups excluding tert-OH is 2. The Morgan fingerprint density at radius 3 is 2.84 bits per heavy atom. The Balaban J connectivity index is 1.78. The van der Waals surface area contributed by atoms with Gasteiger partial charge in [-0.05, 0) is 50.4 Å². The third-order valence-electron chi connectivity index (χ3n) is 5.75. The minimum atomic E-state index is -0.719. The van der Waals surface area contributed by atoms with Crippen LogP contribution in [0.3, 0.4) is 0 Å².